The summed E-state index contributed by atoms with van der Waals surface area (Å²) < 4.78 is 5.73. The number of ketones is 1. The molecule has 128 valence electrons. The molecule has 1 aliphatic carbocycles. The van der Waals surface area contributed by atoms with Gasteiger partial charge in [-0.3, -0.25) is 9.79 Å². The summed E-state index contributed by atoms with van der Waals surface area (Å²) in [5, 5.41) is 10.1. The highest BCUT2D eigenvalue weighted by Crippen LogP contribution is 2.35. The lowest BCUT2D eigenvalue weighted by Gasteiger charge is -2.28. The number of carbonyl (C=O) groups excluding carboxylic acids is 1. The zero-order chi connectivity index (χ0) is 17.9. The van der Waals surface area contributed by atoms with Gasteiger partial charge >= 0.3 is 0 Å². The molecule has 0 bridgehead atoms. The summed E-state index contributed by atoms with van der Waals surface area (Å²) in [6.45, 7) is 3.95. The van der Waals surface area contributed by atoms with Crippen LogP contribution in [0.3, 0.4) is 0 Å². The number of nitrogens with zero attached hydrogens (tertiary/aromatic N) is 1. The van der Waals surface area contributed by atoms with Crippen LogP contribution in [0.2, 0.25) is 0 Å². The van der Waals surface area contributed by atoms with Gasteiger partial charge in [0.15, 0.2) is 5.78 Å². The number of aliphatic imine (C=N–C) groups is 1. The van der Waals surface area contributed by atoms with Gasteiger partial charge in [0, 0.05) is 19.1 Å². The van der Waals surface area contributed by atoms with Crippen molar-refractivity contribution in [2.24, 2.45) is 10.4 Å². The van der Waals surface area contributed by atoms with Crippen LogP contribution in [0.15, 0.2) is 70.9 Å². The van der Waals surface area contributed by atoms with E-state index < -0.39 is 0 Å². The second kappa shape index (κ2) is 6.93. The van der Waals surface area contributed by atoms with E-state index in [1.807, 2.05) is 68.4 Å². The van der Waals surface area contributed by atoms with Gasteiger partial charge < -0.3 is 9.84 Å². The van der Waals surface area contributed by atoms with Crippen LogP contribution in [0.1, 0.15) is 26.7 Å². The molecule has 25 heavy (non-hydrogen) atoms. The summed E-state index contributed by atoms with van der Waals surface area (Å²) in [4.78, 5) is 16.5. The third kappa shape index (κ3) is 4.35. The first-order valence-corrected chi connectivity index (χ1v) is 8.25. The average molecular weight is 335 g/mol. The van der Waals surface area contributed by atoms with Gasteiger partial charge in [0.2, 0.25) is 0 Å². The first-order chi connectivity index (χ1) is 11.9. The van der Waals surface area contributed by atoms with Crippen LogP contribution < -0.4 is 4.74 Å². The minimum Gasteiger partial charge on any atom is -0.511 e. The summed E-state index contributed by atoms with van der Waals surface area (Å²) in [5.41, 5.74) is 0.803. The Balaban J connectivity index is 1.71. The number of allylic oxidation sites excluding steroid dienone is 2. The quantitative estimate of drug-likeness (QED) is 0.763. The summed E-state index contributed by atoms with van der Waals surface area (Å²) in [6.07, 6.45) is 2.37. The molecule has 0 fully saturated rings. The van der Waals surface area contributed by atoms with E-state index in [0.717, 1.165) is 5.75 Å². The number of para-hydroxylation sites is 1. The Kier molecular flexibility index (Phi) is 4.70. The standard InChI is InChI=1S/C21H21NO3/c1-21(2)12-19(23)18(20(24)13-21)14-22-15-8-10-17(11-9-15)25-16-6-4-3-5-7-16/h3-11,14,23H,12-13H2,1-2H3. The van der Waals surface area contributed by atoms with Crippen LogP contribution in [-0.4, -0.2) is 17.1 Å². The highest BCUT2D eigenvalue weighted by atomic mass is 16.5. The van der Waals surface area contributed by atoms with Crippen molar-refractivity contribution in [1.29, 1.82) is 0 Å². The van der Waals surface area contributed by atoms with Gasteiger partial charge in [0.25, 0.3) is 0 Å². The van der Waals surface area contributed by atoms with Crippen LogP contribution in [0, 0.1) is 5.41 Å². The zero-order valence-electron chi connectivity index (χ0n) is 14.4. The van der Waals surface area contributed by atoms with Crippen LogP contribution in [-0.2, 0) is 4.79 Å². The second-order valence-corrected chi connectivity index (χ2v) is 6.97. The molecule has 4 nitrogen and oxygen atoms in total. The number of ether oxygens (including phenoxy) is 1. The Morgan fingerprint density at radius 3 is 2.28 bits per heavy atom. The number of hydrogen-bond acceptors (Lipinski definition) is 4. The molecule has 0 unspecified atom stereocenters. The van der Waals surface area contributed by atoms with Crippen molar-refractivity contribution < 1.29 is 14.6 Å². The lowest BCUT2D eigenvalue weighted by molar-refractivity contribution is -0.117. The highest BCUT2D eigenvalue weighted by Gasteiger charge is 2.32. The molecule has 0 spiro atoms. The van der Waals surface area contributed by atoms with Crippen molar-refractivity contribution in [3.05, 3.63) is 65.9 Å². The van der Waals surface area contributed by atoms with E-state index in [1.54, 1.807) is 0 Å². The number of carbonyl (C=O) groups is 1. The molecule has 0 saturated heterocycles. The van der Waals surface area contributed by atoms with Gasteiger partial charge in [-0.2, -0.15) is 0 Å². The Labute approximate surface area is 147 Å². The molecule has 3 rings (SSSR count). The van der Waals surface area contributed by atoms with Gasteiger partial charge in [-0.15, -0.1) is 0 Å². The predicted octanol–water partition coefficient (Wildman–Crippen LogP) is 5.38. The van der Waals surface area contributed by atoms with Crippen molar-refractivity contribution in [3.63, 3.8) is 0 Å². The normalized spacial score (nSPS) is 17.1. The average Bonchev–Trinajstić information content (AvgIpc) is 2.55. The maximum absolute atomic E-state index is 12.2. The fourth-order valence-electron chi connectivity index (χ4n) is 2.81. The third-order valence-corrected chi connectivity index (χ3v) is 4.05. The van der Waals surface area contributed by atoms with E-state index in [-0.39, 0.29) is 17.0 Å². The lowest BCUT2D eigenvalue weighted by Crippen LogP contribution is -2.26. The van der Waals surface area contributed by atoms with E-state index in [4.69, 9.17) is 4.74 Å². The second-order valence-electron chi connectivity index (χ2n) is 6.97. The summed E-state index contributed by atoms with van der Waals surface area (Å²) in [5.74, 6) is 1.53. The van der Waals surface area contributed by atoms with Crippen molar-refractivity contribution in [3.8, 4) is 11.5 Å². The number of aliphatic hydroxyl groups excluding tert-OH is 1. The maximum atomic E-state index is 12.2. The molecule has 0 saturated carbocycles. The number of rotatable bonds is 4. The Morgan fingerprint density at radius 2 is 1.64 bits per heavy atom. The smallest absolute Gasteiger partial charge is 0.168 e. The molecule has 0 amide bonds. The largest absolute Gasteiger partial charge is 0.511 e. The fourth-order valence-corrected chi connectivity index (χ4v) is 2.81. The van der Waals surface area contributed by atoms with Gasteiger partial charge in [-0.25, -0.2) is 0 Å². The molecule has 0 aromatic heterocycles. The summed E-state index contributed by atoms with van der Waals surface area (Å²) in [7, 11) is 0. The Hall–Kier alpha value is -2.88. The van der Waals surface area contributed by atoms with Crippen LogP contribution in [0.25, 0.3) is 0 Å². The van der Waals surface area contributed by atoms with E-state index >= 15 is 0 Å². The van der Waals surface area contributed by atoms with Crippen molar-refractivity contribution in [1.82, 2.24) is 0 Å². The molecule has 4 heteroatoms. The van der Waals surface area contributed by atoms with Crippen molar-refractivity contribution in [2.45, 2.75) is 26.7 Å². The third-order valence-electron chi connectivity index (χ3n) is 4.05. The van der Waals surface area contributed by atoms with Crippen LogP contribution in [0.5, 0.6) is 11.5 Å². The van der Waals surface area contributed by atoms with E-state index in [0.29, 0.717) is 29.9 Å². The zero-order valence-corrected chi connectivity index (χ0v) is 14.4. The number of benzene rings is 2. The summed E-state index contributed by atoms with van der Waals surface area (Å²) in [6, 6.07) is 16.8. The first kappa shape index (κ1) is 17.0. The Morgan fingerprint density at radius 1 is 1.00 bits per heavy atom. The van der Waals surface area contributed by atoms with Gasteiger partial charge in [-0.05, 0) is 41.8 Å². The SMILES string of the molecule is CC1(C)CC(=O)C(C=Nc2ccc(Oc3ccccc3)cc2)=C(O)C1. The predicted molar refractivity (Wildman–Crippen MR) is 98.8 cm³/mol. The molecule has 2 aromatic rings. The van der Waals surface area contributed by atoms with Crippen LogP contribution in [0.4, 0.5) is 5.69 Å². The van der Waals surface area contributed by atoms with E-state index in [2.05, 4.69) is 4.99 Å². The van der Waals surface area contributed by atoms with Crippen molar-refractivity contribution >= 4 is 17.7 Å². The molecule has 0 heterocycles. The van der Waals surface area contributed by atoms with E-state index in [1.165, 1.54) is 6.21 Å². The van der Waals surface area contributed by atoms with Gasteiger partial charge in [0.05, 0.1) is 11.3 Å². The maximum Gasteiger partial charge on any atom is 0.168 e. The minimum absolute atomic E-state index is 0.0680. The lowest BCUT2D eigenvalue weighted by atomic mass is 9.77. The Bertz CT molecular complexity index is 818. The number of Topliss-reactive ketones (excluding diaryl/α,β-unsaturated/α-hetero) is 1. The molecule has 0 atom stereocenters. The van der Waals surface area contributed by atoms with E-state index in [9.17, 15) is 9.90 Å². The molecule has 0 radical (unpaired) electrons. The molecule has 0 aliphatic heterocycles. The highest BCUT2D eigenvalue weighted by molar-refractivity contribution is 6.14. The van der Waals surface area contributed by atoms with Crippen LogP contribution >= 0.6 is 0 Å². The van der Waals surface area contributed by atoms with Gasteiger partial charge in [-0.1, -0.05) is 32.0 Å². The molecule has 2 aromatic carbocycles. The number of hydrogen-bond donors (Lipinski definition) is 1. The summed E-state index contributed by atoms with van der Waals surface area (Å²) >= 11 is 0. The minimum atomic E-state index is -0.199. The molecular formula is C21H21NO3. The monoisotopic (exact) mass is 335 g/mol. The molecule has 1 N–H and O–H groups in total. The molecule has 1 aliphatic rings. The van der Waals surface area contributed by atoms with Crippen molar-refractivity contribution in [2.75, 3.05) is 0 Å². The number of aliphatic hydroxyl groups is 1. The van der Waals surface area contributed by atoms with Gasteiger partial charge in [0.1, 0.15) is 17.3 Å². The topological polar surface area (TPSA) is 58.9 Å². The fraction of sp³-hybridized carbons (Fsp3) is 0.238. The first-order valence-electron chi connectivity index (χ1n) is 8.25. The molecular weight excluding hydrogens is 314 g/mol.